The number of furan rings is 1. The van der Waals surface area contributed by atoms with Gasteiger partial charge in [-0.2, -0.15) is 0 Å². The Morgan fingerprint density at radius 2 is 0.717 bits per heavy atom. The molecule has 11 rings (SSSR count). The number of para-hydroxylation sites is 1. The summed E-state index contributed by atoms with van der Waals surface area (Å²) < 4.78 is 6.38. The van der Waals surface area contributed by atoms with Crippen LogP contribution in [0.25, 0.3) is 88.3 Å². The highest BCUT2D eigenvalue weighted by atomic mass is 16.3. The molecule has 2 heteroatoms. The second kappa shape index (κ2) is 15.1. The highest BCUT2D eigenvalue weighted by molar-refractivity contribution is 6.12. The highest BCUT2D eigenvalue weighted by Crippen LogP contribution is 2.52. The van der Waals surface area contributed by atoms with Gasteiger partial charge in [-0.15, -0.1) is 0 Å². The molecule has 0 amide bonds. The number of rotatable bonds is 8. The van der Waals surface area contributed by atoms with Crippen LogP contribution in [0, 0.1) is 0 Å². The number of benzene rings is 10. The minimum atomic E-state index is 0.875. The summed E-state index contributed by atoms with van der Waals surface area (Å²) >= 11 is 0. The fourth-order valence-electron chi connectivity index (χ4n) is 9.00. The third-order valence-corrected chi connectivity index (χ3v) is 11.7. The Balaban J connectivity index is 1.28. The van der Waals surface area contributed by atoms with Crippen molar-refractivity contribution in [1.29, 1.82) is 0 Å². The maximum Gasteiger partial charge on any atom is 0.135 e. The lowest BCUT2D eigenvalue weighted by Gasteiger charge is -2.33. The zero-order valence-electron chi connectivity index (χ0n) is 32.9. The van der Waals surface area contributed by atoms with Gasteiger partial charge in [-0.1, -0.05) is 200 Å². The van der Waals surface area contributed by atoms with Gasteiger partial charge in [0, 0.05) is 27.3 Å². The smallest absolute Gasteiger partial charge is 0.135 e. The van der Waals surface area contributed by atoms with Crippen LogP contribution in [0.2, 0.25) is 0 Å². The predicted molar refractivity (Wildman–Crippen MR) is 253 cm³/mol. The molecule has 0 aliphatic rings. The van der Waals surface area contributed by atoms with E-state index in [1.54, 1.807) is 0 Å². The van der Waals surface area contributed by atoms with Gasteiger partial charge in [0.2, 0.25) is 0 Å². The first-order valence-electron chi connectivity index (χ1n) is 20.5. The molecule has 11 aromatic rings. The van der Waals surface area contributed by atoms with Crippen molar-refractivity contribution in [3.05, 3.63) is 237 Å². The SMILES string of the molecule is c1ccc(-c2cccc(N(c3cccc(-c4ccccc4)c3-c3ccc4oc5ccccc5c4c3)c3ccc(-c4ccccc4)c4ccccc34)c2-c2ccccc2)cc1. The average molecular weight is 766 g/mol. The lowest BCUT2D eigenvalue weighted by molar-refractivity contribution is 0.669. The quantitative estimate of drug-likeness (QED) is 0.153. The molecule has 0 aliphatic carbocycles. The van der Waals surface area contributed by atoms with E-state index in [0.29, 0.717) is 0 Å². The number of hydrogen-bond donors (Lipinski definition) is 0. The van der Waals surface area contributed by atoms with Crippen LogP contribution in [0.5, 0.6) is 0 Å². The molecule has 282 valence electrons. The van der Waals surface area contributed by atoms with E-state index in [1.165, 1.54) is 22.1 Å². The van der Waals surface area contributed by atoms with Crippen molar-refractivity contribution in [3.8, 4) is 55.6 Å². The van der Waals surface area contributed by atoms with E-state index < -0.39 is 0 Å². The molecule has 0 bridgehead atoms. The third kappa shape index (κ3) is 6.14. The first-order valence-corrected chi connectivity index (χ1v) is 20.5. The first-order chi connectivity index (χ1) is 29.8. The van der Waals surface area contributed by atoms with Gasteiger partial charge in [0.05, 0.1) is 17.1 Å². The number of anilines is 3. The lowest BCUT2D eigenvalue weighted by atomic mass is 9.89. The van der Waals surface area contributed by atoms with Gasteiger partial charge in [-0.3, -0.25) is 0 Å². The maximum absolute atomic E-state index is 6.38. The Labute approximate surface area is 349 Å². The van der Waals surface area contributed by atoms with Crippen LogP contribution in [0.1, 0.15) is 0 Å². The molecule has 0 atom stereocenters. The van der Waals surface area contributed by atoms with Crippen molar-refractivity contribution < 1.29 is 4.42 Å². The van der Waals surface area contributed by atoms with Crippen molar-refractivity contribution >= 4 is 49.8 Å². The summed E-state index contributed by atoms with van der Waals surface area (Å²) in [7, 11) is 0. The molecular formula is C58H39NO. The summed E-state index contributed by atoms with van der Waals surface area (Å²) in [5.74, 6) is 0. The molecule has 0 N–H and O–H groups in total. The van der Waals surface area contributed by atoms with Gasteiger partial charge in [0.25, 0.3) is 0 Å². The zero-order valence-corrected chi connectivity index (χ0v) is 32.9. The van der Waals surface area contributed by atoms with Gasteiger partial charge < -0.3 is 9.32 Å². The molecule has 0 radical (unpaired) electrons. The van der Waals surface area contributed by atoms with E-state index in [-0.39, 0.29) is 0 Å². The largest absolute Gasteiger partial charge is 0.456 e. The Hall–Kier alpha value is -7.94. The molecule has 0 unspecified atom stereocenters. The molecule has 1 aromatic heterocycles. The fourth-order valence-corrected chi connectivity index (χ4v) is 9.00. The van der Waals surface area contributed by atoms with E-state index in [0.717, 1.165) is 83.3 Å². The Morgan fingerprint density at radius 3 is 1.32 bits per heavy atom. The molecule has 0 saturated carbocycles. The minimum absolute atomic E-state index is 0.875. The summed E-state index contributed by atoms with van der Waals surface area (Å²) in [5, 5.41) is 4.56. The van der Waals surface area contributed by atoms with Gasteiger partial charge in [-0.05, 0) is 86.3 Å². The highest BCUT2D eigenvalue weighted by Gasteiger charge is 2.27. The van der Waals surface area contributed by atoms with E-state index >= 15 is 0 Å². The summed E-state index contributed by atoms with van der Waals surface area (Å²) in [6.45, 7) is 0. The van der Waals surface area contributed by atoms with E-state index in [2.05, 4.69) is 235 Å². The topological polar surface area (TPSA) is 16.4 Å². The predicted octanol–water partition coefficient (Wildman–Crippen LogP) is 16.5. The minimum Gasteiger partial charge on any atom is -0.456 e. The molecule has 60 heavy (non-hydrogen) atoms. The Morgan fingerprint density at radius 1 is 0.250 bits per heavy atom. The van der Waals surface area contributed by atoms with Crippen molar-refractivity contribution in [2.24, 2.45) is 0 Å². The average Bonchev–Trinajstić information content (AvgIpc) is 3.71. The van der Waals surface area contributed by atoms with Crippen molar-refractivity contribution in [2.45, 2.75) is 0 Å². The monoisotopic (exact) mass is 765 g/mol. The molecular weight excluding hydrogens is 727 g/mol. The second-order valence-corrected chi connectivity index (χ2v) is 15.2. The van der Waals surface area contributed by atoms with Gasteiger partial charge in [-0.25, -0.2) is 0 Å². The Kier molecular flexibility index (Phi) is 8.87. The molecule has 0 aliphatic heterocycles. The van der Waals surface area contributed by atoms with Crippen LogP contribution in [0.15, 0.2) is 241 Å². The fraction of sp³-hybridized carbons (Fsp3) is 0. The molecule has 10 aromatic carbocycles. The standard InChI is InChI=1S/C58H39NO/c1-5-19-40(20-6-1)45-36-37-52(49-28-14-13-27-48(45)49)59(53-32-17-30-46(41-21-7-2-8-22-41)57(53)43-25-11-4-12-26-43)54-33-18-31-47(42-23-9-3-10-24-42)58(54)44-35-38-56-51(39-44)50-29-15-16-34-55(50)60-56/h1-39H. The van der Waals surface area contributed by atoms with Gasteiger partial charge in [0.15, 0.2) is 0 Å². The number of nitrogens with zero attached hydrogens (tertiary/aromatic N) is 1. The lowest BCUT2D eigenvalue weighted by Crippen LogP contribution is -2.14. The van der Waals surface area contributed by atoms with Crippen LogP contribution < -0.4 is 4.90 Å². The van der Waals surface area contributed by atoms with E-state index in [1.807, 2.05) is 6.07 Å². The van der Waals surface area contributed by atoms with Crippen molar-refractivity contribution in [3.63, 3.8) is 0 Å². The molecule has 0 saturated heterocycles. The summed E-state index contributed by atoms with van der Waals surface area (Å²) in [4.78, 5) is 2.52. The van der Waals surface area contributed by atoms with Gasteiger partial charge >= 0.3 is 0 Å². The van der Waals surface area contributed by atoms with Crippen LogP contribution >= 0.6 is 0 Å². The van der Waals surface area contributed by atoms with Crippen LogP contribution in [-0.4, -0.2) is 0 Å². The maximum atomic E-state index is 6.38. The molecule has 0 spiro atoms. The second-order valence-electron chi connectivity index (χ2n) is 15.2. The first kappa shape index (κ1) is 35.2. The van der Waals surface area contributed by atoms with Gasteiger partial charge in [0.1, 0.15) is 11.2 Å². The van der Waals surface area contributed by atoms with Crippen LogP contribution in [-0.2, 0) is 0 Å². The molecule has 0 fully saturated rings. The summed E-state index contributed by atoms with van der Waals surface area (Å²) in [6, 6.07) is 85.1. The zero-order chi connectivity index (χ0) is 39.8. The summed E-state index contributed by atoms with van der Waals surface area (Å²) in [6.07, 6.45) is 0. The van der Waals surface area contributed by atoms with Crippen LogP contribution in [0.3, 0.4) is 0 Å². The van der Waals surface area contributed by atoms with Crippen molar-refractivity contribution in [1.82, 2.24) is 0 Å². The summed E-state index contributed by atoms with van der Waals surface area (Å²) in [5.41, 5.74) is 16.6. The molecule has 1 heterocycles. The van der Waals surface area contributed by atoms with Crippen LogP contribution in [0.4, 0.5) is 17.1 Å². The Bertz CT molecular complexity index is 3300. The third-order valence-electron chi connectivity index (χ3n) is 11.7. The van der Waals surface area contributed by atoms with E-state index in [4.69, 9.17) is 4.42 Å². The number of fused-ring (bicyclic) bond motifs is 4. The number of hydrogen-bond acceptors (Lipinski definition) is 2. The van der Waals surface area contributed by atoms with Crippen molar-refractivity contribution in [2.75, 3.05) is 4.90 Å². The molecule has 2 nitrogen and oxygen atoms in total. The van der Waals surface area contributed by atoms with E-state index in [9.17, 15) is 0 Å². The normalized spacial score (nSPS) is 11.3.